The maximum Gasteiger partial charge on any atom is 0.132 e. The van der Waals surface area contributed by atoms with E-state index in [4.69, 9.17) is 4.74 Å². The van der Waals surface area contributed by atoms with Crippen LogP contribution in [0.2, 0.25) is 0 Å². The number of benzene rings is 2. The first kappa shape index (κ1) is 10.8. The molecule has 0 aliphatic carbocycles. The van der Waals surface area contributed by atoms with Crippen molar-refractivity contribution in [2.45, 2.75) is 0 Å². The standard InChI is InChI=1S/C15H12FNO/c1-18-11-7-6-10-8-15(17-14(10)9-11)12-4-2-3-5-13(12)16/h2-9,17H,1H3. The quantitative estimate of drug-likeness (QED) is 0.721. The average molecular weight is 241 g/mol. The summed E-state index contributed by atoms with van der Waals surface area (Å²) in [5.74, 6) is 0.556. The highest BCUT2D eigenvalue weighted by Gasteiger charge is 2.07. The number of nitrogens with one attached hydrogen (secondary N) is 1. The summed E-state index contributed by atoms with van der Waals surface area (Å²) in [5.41, 5.74) is 2.29. The van der Waals surface area contributed by atoms with E-state index in [1.54, 1.807) is 19.2 Å². The van der Waals surface area contributed by atoms with E-state index in [1.165, 1.54) is 6.07 Å². The molecule has 0 aliphatic rings. The van der Waals surface area contributed by atoms with Crippen LogP contribution < -0.4 is 4.74 Å². The van der Waals surface area contributed by atoms with Crippen LogP contribution in [0, 0.1) is 5.82 Å². The van der Waals surface area contributed by atoms with Crippen molar-refractivity contribution < 1.29 is 9.13 Å². The van der Waals surface area contributed by atoms with Crippen LogP contribution in [-0.2, 0) is 0 Å². The van der Waals surface area contributed by atoms with E-state index in [2.05, 4.69) is 4.98 Å². The van der Waals surface area contributed by atoms with Crippen LogP contribution in [0.25, 0.3) is 22.2 Å². The normalized spacial score (nSPS) is 10.8. The largest absolute Gasteiger partial charge is 0.497 e. The van der Waals surface area contributed by atoms with Crippen molar-refractivity contribution >= 4 is 10.9 Å². The van der Waals surface area contributed by atoms with Crippen molar-refractivity contribution in [1.29, 1.82) is 0 Å². The molecular formula is C15H12FNO. The van der Waals surface area contributed by atoms with Crippen molar-refractivity contribution in [2.75, 3.05) is 7.11 Å². The van der Waals surface area contributed by atoms with Gasteiger partial charge in [-0.3, -0.25) is 0 Å². The Balaban J connectivity index is 2.17. The molecule has 0 saturated heterocycles. The number of aromatic nitrogens is 1. The lowest BCUT2D eigenvalue weighted by atomic mass is 10.1. The van der Waals surface area contributed by atoms with Crippen LogP contribution in [0.5, 0.6) is 5.75 Å². The molecule has 3 aromatic rings. The Hall–Kier alpha value is -2.29. The van der Waals surface area contributed by atoms with Crippen LogP contribution in [-0.4, -0.2) is 12.1 Å². The maximum atomic E-state index is 13.7. The van der Waals surface area contributed by atoms with Gasteiger partial charge in [0, 0.05) is 28.2 Å². The zero-order valence-electron chi connectivity index (χ0n) is 9.91. The van der Waals surface area contributed by atoms with Gasteiger partial charge in [-0.05, 0) is 30.3 Å². The maximum absolute atomic E-state index is 13.7. The Labute approximate surface area is 104 Å². The second kappa shape index (κ2) is 4.18. The summed E-state index contributed by atoms with van der Waals surface area (Å²) in [7, 11) is 1.63. The molecule has 18 heavy (non-hydrogen) atoms. The summed E-state index contributed by atoms with van der Waals surface area (Å²) < 4.78 is 18.9. The van der Waals surface area contributed by atoms with Crippen molar-refractivity contribution in [3.05, 3.63) is 54.3 Å². The molecule has 2 nitrogen and oxygen atoms in total. The summed E-state index contributed by atoms with van der Waals surface area (Å²) in [6.45, 7) is 0. The van der Waals surface area contributed by atoms with Crippen LogP contribution in [0.3, 0.4) is 0 Å². The smallest absolute Gasteiger partial charge is 0.132 e. The minimum Gasteiger partial charge on any atom is -0.497 e. The first-order chi connectivity index (χ1) is 8.78. The molecule has 0 atom stereocenters. The van der Waals surface area contributed by atoms with E-state index in [0.717, 1.165) is 22.3 Å². The van der Waals surface area contributed by atoms with Crippen molar-refractivity contribution in [1.82, 2.24) is 4.98 Å². The van der Waals surface area contributed by atoms with Crippen LogP contribution in [0.15, 0.2) is 48.5 Å². The molecule has 1 N–H and O–H groups in total. The Morgan fingerprint density at radius 3 is 2.67 bits per heavy atom. The topological polar surface area (TPSA) is 25.0 Å². The lowest BCUT2D eigenvalue weighted by molar-refractivity contribution is 0.415. The third-order valence-electron chi connectivity index (χ3n) is 2.99. The minimum atomic E-state index is -0.226. The van der Waals surface area contributed by atoms with Gasteiger partial charge in [-0.25, -0.2) is 4.39 Å². The molecule has 3 heteroatoms. The number of ether oxygens (including phenoxy) is 1. The highest BCUT2D eigenvalue weighted by Crippen LogP contribution is 2.28. The number of H-pyrrole nitrogens is 1. The van der Waals surface area contributed by atoms with Gasteiger partial charge in [-0.15, -0.1) is 0 Å². The van der Waals surface area contributed by atoms with E-state index in [1.807, 2.05) is 30.3 Å². The lowest BCUT2D eigenvalue weighted by Crippen LogP contribution is -1.83. The fraction of sp³-hybridized carbons (Fsp3) is 0.0667. The molecule has 90 valence electrons. The number of rotatable bonds is 2. The van der Waals surface area contributed by atoms with E-state index in [9.17, 15) is 4.39 Å². The molecule has 1 aromatic heterocycles. The molecule has 1 heterocycles. The molecule has 0 radical (unpaired) electrons. The number of hydrogen-bond acceptors (Lipinski definition) is 1. The first-order valence-electron chi connectivity index (χ1n) is 5.69. The van der Waals surface area contributed by atoms with Gasteiger partial charge < -0.3 is 9.72 Å². The van der Waals surface area contributed by atoms with Gasteiger partial charge in [0.2, 0.25) is 0 Å². The molecule has 0 spiro atoms. The SMILES string of the molecule is COc1ccc2cc(-c3ccccc3F)[nH]c2c1. The number of methoxy groups -OCH3 is 1. The molecule has 0 amide bonds. The zero-order chi connectivity index (χ0) is 12.5. The van der Waals surface area contributed by atoms with Gasteiger partial charge in [0.25, 0.3) is 0 Å². The number of aromatic amines is 1. The average Bonchev–Trinajstić information content (AvgIpc) is 2.81. The fourth-order valence-electron chi connectivity index (χ4n) is 2.06. The van der Waals surface area contributed by atoms with Gasteiger partial charge in [0.05, 0.1) is 7.11 Å². The van der Waals surface area contributed by atoms with E-state index >= 15 is 0 Å². The third-order valence-corrected chi connectivity index (χ3v) is 2.99. The van der Waals surface area contributed by atoms with Crippen molar-refractivity contribution in [3.8, 4) is 17.0 Å². The lowest BCUT2D eigenvalue weighted by Gasteiger charge is -1.99. The number of fused-ring (bicyclic) bond motifs is 1. The molecule has 2 aromatic carbocycles. The Morgan fingerprint density at radius 1 is 1.06 bits per heavy atom. The van der Waals surface area contributed by atoms with Crippen LogP contribution in [0.1, 0.15) is 0 Å². The Bertz CT molecular complexity index is 703. The van der Waals surface area contributed by atoms with Gasteiger partial charge in [0.15, 0.2) is 0 Å². The van der Waals surface area contributed by atoms with Gasteiger partial charge in [-0.1, -0.05) is 12.1 Å². The molecule has 0 unspecified atom stereocenters. The molecule has 0 saturated carbocycles. The van der Waals surface area contributed by atoms with Crippen molar-refractivity contribution in [2.24, 2.45) is 0 Å². The molecule has 0 aliphatic heterocycles. The summed E-state index contributed by atoms with van der Waals surface area (Å²) in [5, 5.41) is 1.04. The van der Waals surface area contributed by atoms with E-state index < -0.39 is 0 Å². The summed E-state index contributed by atoms with van der Waals surface area (Å²) in [6.07, 6.45) is 0. The summed E-state index contributed by atoms with van der Waals surface area (Å²) >= 11 is 0. The predicted molar refractivity (Wildman–Crippen MR) is 70.2 cm³/mol. The molecule has 3 rings (SSSR count). The highest BCUT2D eigenvalue weighted by molar-refractivity contribution is 5.86. The van der Waals surface area contributed by atoms with Gasteiger partial charge in [-0.2, -0.15) is 0 Å². The third kappa shape index (κ3) is 1.74. The monoisotopic (exact) mass is 241 g/mol. The number of halogens is 1. The van der Waals surface area contributed by atoms with Gasteiger partial charge >= 0.3 is 0 Å². The second-order valence-corrected chi connectivity index (χ2v) is 4.12. The minimum absolute atomic E-state index is 0.226. The molecular weight excluding hydrogens is 229 g/mol. The fourth-order valence-corrected chi connectivity index (χ4v) is 2.06. The first-order valence-corrected chi connectivity index (χ1v) is 5.69. The van der Waals surface area contributed by atoms with E-state index in [0.29, 0.717) is 5.56 Å². The second-order valence-electron chi connectivity index (χ2n) is 4.12. The van der Waals surface area contributed by atoms with E-state index in [-0.39, 0.29) is 5.82 Å². The Morgan fingerprint density at radius 2 is 1.89 bits per heavy atom. The summed E-state index contributed by atoms with van der Waals surface area (Å²) in [4.78, 5) is 3.21. The molecule has 0 bridgehead atoms. The Kier molecular flexibility index (Phi) is 2.52. The summed E-state index contributed by atoms with van der Waals surface area (Å²) in [6, 6.07) is 14.4. The van der Waals surface area contributed by atoms with Gasteiger partial charge in [0.1, 0.15) is 11.6 Å². The van der Waals surface area contributed by atoms with Crippen LogP contribution >= 0.6 is 0 Å². The zero-order valence-corrected chi connectivity index (χ0v) is 9.91. The predicted octanol–water partition coefficient (Wildman–Crippen LogP) is 3.98. The molecule has 0 fully saturated rings. The highest BCUT2D eigenvalue weighted by atomic mass is 19.1. The van der Waals surface area contributed by atoms with Crippen molar-refractivity contribution in [3.63, 3.8) is 0 Å². The van der Waals surface area contributed by atoms with Crippen LogP contribution in [0.4, 0.5) is 4.39 Å². The number of hydrogen-bond donors (Lipinski definition) is 1.